The van der Waals surface area contributed by atoms with Gasteiger partial charge in [-0.05, 0) is 12.1 Å². The number of imidazole rings is 1. The summed E-state index contributed by atoms with van der Waals surface area (Å²) in [5.74, 6) is 0.747. The number of ether oxygens (including phenoxy) is 1. The van der Waals surface area contributed by atoms with E-state index >= 15 is 0 Å². The van der Waals surface area contributed by atoms with Crippen LogP contribution in [0.3, 0.4) is 0 Å². The van der Waals surface area contributed by atoms with Gasteiger partial charge in [-0.15, -0.1) is 0 Å². The zero-order chi connectivity index (χ0) is 13.5. The Bertz CT molecular complexity index is 660. The van der Waals surface area contributed by atoms with Gasteiger partial charge < -0.3 is 14.6 Å². The summed E-state index contributed by atoms with van der Waals surface area (Å²) < 4.78 is 7.65. The minimum absolute atomic E-state index is 0.00579. The van der Waals surface area contributed by atoms with Gasteiger partial charge in [0.25, 0.3) is 5.91 Å². The van der Waals surface area contributed by atoms with Crippen LogP contribution in [-0.4, -0.2) is 47.8 Å². The second-order valence-corrected chi connectivity index (χ2v) is 5.11. The predicted molar refractivity (Wildman–Crippen MR) is 74.7 cm³/mol. The summed E-state index contributed by atoms with van der Waals surface area (Å²) in [5, 5.41) is 3.19. The van der Waals surface area contributed by atoms with Gasteiger partial charge in [-0.1, -0.05) is 12.1 Å². The molecular weight excluding hydrogens is 256 g/mol. The topological polar surface area (TPSA) is 59.4 Å². The van der Waals surface area contributed by atoms with Gasteiger partial charge in [-0.25, -0.2) is 4.98 Å². The SMILES string of the molecule is O=C(C1CNCCO1)N1CCn2c1nc1ccccc12. The molecule has 0 radical (unpaired) electrons. The van der Waals surface area contributed by atoms with E-state index in [1.807, 2.05) is 24.3 Å². The molecule has 4 rings (SSSR count). The Morgan fingerprint density at radius 3 is 3.10 bits per heavy atom. The highest BCUT2D eigenvalue weighted by Crippen LogP contribution is 2.27. The zero-order valence-electron chi connectivity index (χ0n) is 11.1. The van der Waals surface area contributed by atoms with Gasteiger partial charge in [0.1, 0.15) is 6.10 Å². The summed E-state index contributed by atoms with van der Waals surface area (Å²) in [5.41, 5.74) is 2.02. The Morgan fingerprint density at radius 2 is 2.25 bits per heavy atom. The number of hydrogen-bond acceptors (Lipinski definition) is 4. The molecule has 1 atom stereocenters. The van der Waals surface area contributed by atoms with Gasteiger partial charge in [-0.3, -0.25) is 9.69 Å². The number of nitrogens with one attached hydrogen (secondary N) is 1. The average Bonchev–Trinajstić information content (AvgIpc) is 3.06. The highest BCUT2D eigenvalue weighted by molar-refractivity contribution is 5.97. The van der Waals surface area contributed by atoms with Crippen molar-refractivity contribution in [3.63, 3.8) is 0 Å². The number of carbonyl (C=O) groups is 1. The molecule has 3 heterocycles. The van der Waals surface area contributed by atoms with E-state index in [1.54, 1.807) is 4.90 Å². The first-order valence-corrected chi connectivity index (χ1v) is 6.93. The fourth-order valence-electron chi connectivity index (χ4n) is 2.90. The second-order valence-electron chi connectivity index (χ2n) is 5.11. The number of anilines is 1. The van der Waals surface area contributed by atoms with Crippen LogP contribution in [0.1, 0.15) is 0 Å². The monoisotopic (exact) mass is 272 g/mol. The summed E-state index contributed by atoms with van der Waals surface area (Å²) in [7, 11) is 0. The van der Waals surface area contributed by atoms with Crippen LogP contribution in [0.15, 0.2) is 24.3 Å². The molecule has 0 spiro atoms. The number of amides is 1. The summed E-state index contributed by atoms with van der Waals surface area (Å²) in [6.45, 7) is 3.44. The number of benzene rings is 1. The molecular formula is C14H16N4O2. The molecule has 6 heteroatoms. The number of fused-ring (bicyclic) bond motifs is 3. The Morgan fingerprint density at radius 1 is 1.35 bits per heavy atom. The fraction of sp³-hybridized carbons (Fsp3) is 0.429. The molecule has 2 aromatic rings. The molecule has 6 nitrogen and oxygen atoms in total. The highest BCUT2D eigenvalue weighted by atomic mass is 16.5. The predicted octanol–water partition coefficient (Wildman–Crippen LogP) is 0.371. The van der Waals surface area contributed by atoms with Gasteiger partial charge in [0, 0.05) is 26.2 Å². The van der Waals surface area contributed by atoms with Gasteiger partial charge in [-0.2, -0.15) is 0 Å². The molecule has 1 aromatic carbocycles. The lowest BCUT2D eigenvalue weighted by Crippen LogP contribution is -2.49. The molecule has 0 bridgehead atoms. The van der Waals surface area contributed by atoms with Gasteiger partial charge >= 0.3 is 0 Å². The van der Waals surface area contributed by atoms with Crippen LogP contribution < -0.4 is 10.2 Å². The number of morpholine rings is 1. The van der Waals surface area contributed by atoms with E-state index < -0.39 is 6.10 Å². The van der Waals surface area contributed by atoms with Crippen LogP contribution in [0, 0.1) is 0 Å². The first kappa shape index (κ1) is 11.9. The first-order valence-electron chi connectivity index (χ1n) is 6.93. The van der Waals surface area contributed by atoms with Gasteiger partial charge in [0.2, 0.25) is 5.95 Å². The molecule has 1 saturated heterocycles. The molecule has 2 aliphatic heterocycles. The lowest BCUT2D eigenvalue weighted by molar-refractivity contribution is -0.131. The van der Waals surface area contributed by atoms with E-state index in [0.717, 1.165) is 30.1 Å². The van der Waals surface area contributed by atoms with Gasteiger partial charge in [0.05, 0.1) is 17.6 Å². The molecule has 1 N–H and O–H groups in total. The maximum atomic E-state index is 12.5. The number of hydrogen-bond donors (Lipinski definition) is 1. The van der Waals surface area contributed by atoms with Crippen molar-refractivity contribution in [2.45, 2.75) is 12.6 Å². The minimum atomic E-state index is -0.393. The molecule has 0 aliphatic carbocycles. The van der Waals surface area contributed by atoms with Crippen molar-refractivity contribution < 1.29 is 9.53 Å². The zero-order valence-corrected chi connectivity index (χ0v) is 11.1. The average molecular weight is 272 g/mol. The van der Waals surface area contributed by atoms with E-state index in [1.165, 1.54) is 0 Å². The van der Waals surface area contributed by atoms with Crippen LogP contribution in [0.25, 0.3) is 11.0 Å². The van der Waals surface area contributed by atoms with Crippen molar-refractivity contribution in [3.8, 4) is 0 Å². The lowest BCUT2D eigenvalue weighted by Gasteiger charge is -2.26. The smallest absolute Gasteiger partial charge is 0.259 e. The molecule has 104 valence electrons. The Hall–Kier alpha value is -1.92. The van der Waals surface area contributed by atoms with E-state index in [4.69, 9.17) is 4.74 Å². The number of para-hydroxylation sites is 2. The Kier molecular flexibility index (Phi) is 2.71. The maximum absolute atomic E-state index is 12.5. The molecule has 1 unspecified atom stereocenters. The van der Waals surface area contributed by atoms with E-state index in [0.29, 0.717) is 19.7 Å². The molecule has 1 amide bonds. The number of nitrogens with zero attached hydrogens (tertiary/aromatic N) is 3. The van der Waals surface area contributed by atoms with E-state index in [9.17, 15) is 4.79 Å². The highest BCUT2D eigenvalue weighted by Gasteiger charge is 2.33. The normalized spacial score (nSPS) is 22.2. The second kappa shape index (κ2) is 4.57. The summed E-state index contributed by atoms with van der Waals surface area (Å²) in [6.07, 6.45) is -0.393. The Balaban J connectivity index is 1.68. The molecule has 2 aliphatic rings. The van der Waals surface area contributed by atoms with Crippen molar-refractivity contribution in [3.05, 3.63) is 24.3 Å². The largest absolute Gasteiger partial charge is 0.366 e. The van der Waals surface area contributed by atoms with Crippen molar-refractivity contribution in [1.29, 1.82) is 0 Å². The summed E-state index contributed by atoms with van der Waals surface area (Å²) >= 11 is 0. The van der Waals surface area contributed by atoms with Crippen molar-refractivity contribution in [2.24, 2.45) is 0 Å². The van der Waals surface area contributed by atoms with E-state index in [-0.39, 0.29) is 5.91 Å². The van der Waals surface area contributed by atoms with Crippen molar-refractivity contribution >= 4 is 22.9 Å². The third-order valence-electron chi connectivity index (χ3n) is 3.89. The third-order valence-corrected chi connectivity index (χ3v) is 3.89. The minimum Gasteiger partial charge on any atom is -0.366 e. The van der Waals surface area contributed by atoms with Crippen LogP contribution in [-0.2, 0) is 16.1 Å². The summed E-state index contributed by atoms with van der Waals surface area (Å²) in [6, 6.07) is 7.97. The maximum Gasteiger partial charge on any atom is 0.259 e. The van der Waals surface area contributed by atoms with Crippen molar-refractivity contribution in [2.75, 3.05) is 31.1 Å². The number of rotatable bonds is 1. The third kappa shape index (κ3) is 1.72. The lowest BCUT2D eigenvalue weighted by atomic mass is 10.2. The quantitative estimate of drug-likeness (QED) is 0.815. The van der Waals surface area contributed by atoms with E-state index in [2.05, 4.69) is 14.9 Å². The summed E-state index contributed by atoms with van der Waals surface area (Å²) in [4.78, 5) is 18.9. The first-order chi connectivity index (χ1) is 9.84. The standard InChI is InChI=1S/C14H16N4O2/c19-13(12-9-15-5-8-20-12)18-7-6-17-11-4-2-1-3-10(11)16-14(17)18/h1-4,12,15H,5-9H2. The number of aromatic nitrogens is 2. The van der Waals surface area contributed by atoms with Crippen LogP contribution in [0.2, 0.25) is 0 Å². The van der Waals surface area contributed by atoms with Crippen LogP contribution in [0.4, 0.5) is 5.95 Å². The van der Waals surface area contributed by atoms with Crippen molar-refractivity contribution in [1.82, 2.24) is 14.9 Å². The van der Waals surface area contributed by atoms with Crippen LogP contribution >= 0.6 is 0 Å². The molecule has 1 fully saturated rings. The van der Waals surface area contributed by atoms with Crippen LogP contribution in [0.5, 0.6) is 0 Å². The number of carbonyl (C=O) groups excluding carboxylic acids is 1. The molecule has 0 saturated carbocycles. The Labute approximate surface area is 116 Å². The van der Waals surface area contributed by atoms with Gasteiger partial charge in [0.15, 0.2) is 0 Å². The molecule has 20 heavy (non-hydrogen) atoms. The molecule has 1 aromatic heterocycles. The fourth-order valence-corrected chi connectivity index (χ4v) is 2.90.